The lowest BCUT2D eigenvalue weighted by Crippen LogP contribution is -2.43. The topological polar surface area (TPSA) is 67.4 Å². The number of allylic oxidation sites excluding steroid dienone is 1. The summed E-state index contributed by atoms with van der Waals surface area (Å²) in [6.45, 7) is 4.06. The van der Waals surface area contributed by atoms with E-state index in [1.807, 2.05) is 32.0 Å². The molecule has 0 atom stereocenters. The number of rotatable bonds is 5. The second-order valence-electron chi connectivity index (χ2n) is 8.92. The standard InChI is InChI=1S/C27H23F3N2O3/c1-27(2)14-16-7-8-19(35-3)12-20(16)23(32-27)13-24(33)15-5-4-6-18(9-15)31-26(34)21-10-17(28)11-22(29)25(21)30/h4-13,32H,14H2,1-3H3,(H,31,34). The molecule has 180 valence electrons. The van der Waals surface area contributed by atoms with Gasteiger partial charge in [0.2, 0.25) is 0 Å². The zero-order chi connectivity index (χ0) is 25.3. The van der Waals surface area contributed by atoms with Gasteiger partial charge in [-0.05, 0) is 56.2 Å². The van der Waals surface area contributed by atoms with Crippen molar-refractivity contribution in [2.24, 2.45) is 0 Å². The summed E-state index contributed by atoms with van der Waals surface area (Å²) in [5.74, 6) is -4.72. The summed E-state index contributed by atoms with van der Waals surface area (Å²) in [5.41, 5.74) is 1.92. The van der Waals surface area contributed by atoms with E-state index >= 15 is 0 Å². The number of carbonyl (C=O) groups is 2. The van der Waals surface area contributed by atoms with Crippen LogP contribution in [-0.2, 0) is 6.42 Å². The van der Waals surface area contributed by atoms with Gasteiger partial charge in [-0.3, -0.25) is 9.59 Å². The Hall–Kier alpha value is -4.07. The van der Waals surface area contributed by atoms with Crippen LogP contribution in [0, 0.1) is 17.5 Å². The summed E-state index contributed by atoms with van der Waals surface area (Å²) in [6.07, 6.45) is 2.23. The molecule has 1 aliphatic heterocycles. The maximum absolute atomic E-state index is 14.0. The van der Waals surface area contributed by atoms with Gasteiger partial charge in [-0.25, -0.2) is 13.2 Å². The molecule has 0 saturated carbocycles. The smallest absolute Gasteiger partial charge is 0.258 e. The maximum atomic E-state index is 14.0. The number of benzene rings is 3. The summed E-state index contributed by atoms with van der Waals surface area (Å²) in [5, 5.41) is 5.77. The van der Waals surface area contributed by atoms with E-state index in [1.165, 1.54) is 18.2 Å². The normalized spacial score (nSPS) is 15.2. The van der Waals surface area contributed by atoms with Gasteiger partial charge in [-0.1, -0.05) is 18.2 Å². The predicted octanol–water partition coefficient (Wildman–Crippen LogP) is 5.51. The van der Waals surface area contributed by atoms with Gasteiger partial charge in [0.25, 0.3) is 5.91 Å². The predicted molar refractivity (Wildman–Crippen MR) is 127 cm³/mol. The zero-order valence-corrected chi connectivity index (χ0v) is 19.3. The van der Waals surface area contributed by atoms with Crippen LogP contribution < -0.4 is 15.4 Å². The average molecular weight is 480 g/mol. The number of nitrogens with one attached hydrogen (secondary N) is 2. The first kappa shape index (κ1) is 24.1. The molecular weight excluding hydrogens is 457 g/mol. The Morgan fingerprint density at radius 1 is 1.06 bits per heavy atom. The van der Waals surface area contributed by atoms with E-state index in [9.17, 15) is 22.8 Å². The zero-order valence-electron chi connectivity index (χ0n) is 19.3. The van der Waals surface area contributed by atoms with Crippen LogP contribution in [0.4, 0.5) is 18.9 Å². The third kappa shape index (κ3) is 5.21. The number of hydrogen-bond donors (Lipinski definition) is 2. The molecule has 0 fully saturated rings. The highest BCUT2D eigenvalue weighted by atomic mass is 19.2. The van der Waals surface area contributed by atoms with Crippen molar-refractivity contribution in [3.63, 3.8) is 0 Å². The number of amides is 1. The van der Waals surface area contributed by atoms with E-state index in [1.54, 1.807) is 19.2 Å². The minimum atomic E-state index is -1.47. The molecule has 35 heavy (non-hydrogen) atoms. The number of ether oxygens (including phenoxy) is 1. The summed E-state index contributed by atoms with van der Waals surface area (Å²) < 4.78 is 46.2. The first-order valence-electron chi connectivity index (χ1n) is 10.8. The molecular formula is C27H23F3N2O3. The van der Waals surface area contributed by atoms with Crippen LogP contribution in [0.5, 0.6) is 5.75 Å². The Balaban J connectivity index is 1.62. The molecule has 0 bridgehead atoms. The van der Waals surface area contributed by atoms with Gasteiger partial charge >= 0.3 is 0 Å². The Morgan fingerprint density at radius 2 is 1.83 bits per heavy atom. The Kier molecular flexibility index (Phi) is 6.39. The molecule has 1 amide bonds. The first-order chi connectivity index (χ1) is 16.6. The fourth-order valence-electron chi connectivity index (χ4n) is 4.04. The quantitative estimate of drug-likeness (QED) is 0.287. The molecule has 1 aliphatic rings. The van der Waals surface area contributed by atoms with E-state index in [4.69, 9.17) is 4.74 Å². The van der Waals surface area contributed by atoms with E-state index in [2.05, 4.69) is 10.6 Å². The lowest BCUT2D eigenvalue weighted by molar-refractivity contribution is 0.101. The number of hydrogen-bond acceptors (Lipinski definition) is 4. The van der Waals surface area contributed by atoms with E-state index in [-0.39, 0.29) is 22.6 Å². The molecule has 0 spiro atoms. The van der Waals surface area contributed by atoms with Gasteiger partial charge in [-0.15, -0.1) is 0 Å². The molecule has 0 saturated heterocycles. The van der Waals surface area contributed by atoms with Gasteiger partial charge in [0.15, 0.2) is 17.4 Å². The molecule has 0 unspecified atom stereocenters. The summed E-state index contributed by atoms with van der Waals surface area (Å²) in [6, 6.07) is 12.7. The van der Waals surface area contributed by atoms with Gasteiger partial charge in [-0.2, -0.15) is 0 Å². The van der Waals surface area contributed by atoms with E-state index in [0.717, 1.165) is 17.5 Å². The van der Waals surface area contributed by atoms with Crippen LogP contribution in [-0.4, -0.2) is 24.3 Å². The van der Waals surface area contributed by atoms with Crippen LogP contribution in [0.1, 0.15) is 45.7 Å². The van der Waals surface area contributed by atoms with E-state index < -0.39 is 28.9 Å². The largest absolute Gasteiger partial charge is 0.497 e. The molecule has 3 aromatic rings. The molecule has 0 aromatic heterocycles. The fourth-order valence-corrected chi connectivity index (χ4v) is 4.04. The van der Waals surface area contributed by atoms with Crippen molar-refractivity contribution in [3.05, 3.63) is 100 Å². The van der Waals surface area contributed by atoms with Crippen LogP contribution in [0.25, 0.3) is 5.70 Å². The second kappa shape index (κ2) is 9.29. The SMILES string of the molecule is COc1ccc2c(c1)C(=CC(=O)c1cccc(NC(=O)c3cc(F)cc(F)c3F)c1)NC(C)(C)C2. The van der Waals surface area contributed by atoms with Crippen LogP contribution in [0.2, 0.25) is 0 Å². The van der Waals surface area contributed by atoms with Crippen molar-refractivity contribution >= 4 is 23.1 Å². The highest BCUT2D eigenvalue weighted by Gasteiger charge is 2.28. The fraction of sp³-hybridized carbons (Fsp3) is 0.185. The number of halogens is 3. The second-order valence-corrected chi connectivity index (χ2v) is 8.92. The maximum Gasteiger partial charge on any atom is 0.258 e. The third-order valence-corrected chi connectivity index (χ3v) is 5.63. The van der Waals surface area contributed by atoms with Crippen molar-refractivity contribution in [2.45, 2.75) is 25.8 Å². The van der Waals surface area contributed by atoms with Crippen molar-refractivity contribution < 1.29 is 27.5 Å². The number of ketones is 1. The molecule has 5 nitrogen and oxygen atoms in total. The lowest BCUT2D eigenvalue weighted by Gasteiger charge is -2.35. The number of methoxy groups -OCH3 is 1. The molecule has 0 aliphatic carbocycles. The monoisotopic (exact) mass is 480 g/mol. The lowest BCUT2D eigenvalue weighted by atomic mass is 9.85. The first-order valence-corrected chi connectivity index (χ1v) is 10.8. The molecule has 4 rings (SSSR count). The Morgan fingerprint density at radius 3 is 2.57 bits per heavy atom. The Bertz CT molecular complexity index is 1370. The molecule has 1 heterocycles. The van der Waals surface area contributed by atoms with Gasteiger partial charge in [0.1, 0.15) is 11.6 Å². The molecule has 0 radical (unpaired) electrons. The minimum absolute atomic E-state index is 0.169. The van der Waals surface area contributed by atoms with Crippen molar-refractivity contribution in [2.75, 3.05) is 12.4 Å². The summed E-state index contributed by atoms with van der Waals surface area (Å²) in [7, 11) is 1.57. The highest BCUT2D eigenvalue weighted by Crippen LogP contribution is 2.32. The van der Waals surface area contributed by atoms with Crippen molar-refractivity contribution in [1.82, 2.24) is 5.32 Å². The number of fused-ring (bicyclic) bond motifs is 1. The van der Waals surface area contributed by atoms with Gasteiger partial charge in [0, 0.05) is 40.2 Å². The van der Waals surface area contributed by atoms with Gasteiger partial charge < -0.3 is 15.4 Å². The van der Waals surface area contributed by atoms with Crippen molar-refractivity contribution in [3.8, 4) is 5.75 Å². The number of carbonyl (C=O) groups excluding carboxylic acids is 2. The number of anilines is 1. The molecule has 8 heteroatoms. The third-order valence-electron chi connectivity index (χ3n) is 5.63. The van der Waals surface area contributed by atoms with Gasteiger partial charge in [0.05, 0.1) is 12.7 Å². The molecule has 3 aromatic carbocycles. The van der Waals surface area contributed by atoms with Crippen LogP contribution in [0.15, 0.2) is 60.7 Å². The summed E-state index contributed by atoms with van der Waals surface area (Å²) in [4.78, 5) is 25.5. The average Bonchev–Trinajstić information content (AvgIpc) is 2.80. The van der Waals surface area contributed by atoms with Crippen molar-refractivity contribution in [1.29, 1.82) is 0 Å². The Labute approximate surface area is 200 Å². The molecule has 2 N–H and O–H groups in total. The van der Waals surface area contributed by atoms with E-state index in [0.29, 0.717) is 23.6 Å². The van der Waals surface area contributed by atoms with Crippen LogP contribution >= 0.6 is 0 Å². The summed E-state index contributed by atoms with van der Waals surface area (Å²) >= 11 is 0. The highest BCUT2D eigenvalue weighted by molar-refractivity contribution is 6.10. The minimum Gasteiger partial charge on any atom is -0.497 e. The van der Waals surface area contributed by atoms with Crippen LogP contribution in [0.3, 0.4) is 0 Å².